The minimum atomic E-state index is -0.964. The first-order valence-electron chi connectivity index (χ1n) is 18.4. The van der Waals surface area contributed by atoms with Gasteiger partial charge in [-0.3, -0.25) is 0 Å². The fourth-order valence-corrected chi connectivity index (χ4v) is 3.23. The van der Waals surface area contributed by atoms with Gasteiger partial charge in [0.2, 0.25) is 0 Å². The third-order valence-electron chi connectivity index (χ3n) is 6.07. The highest BCUT2D eigenvalue weighted by molar-refractivity contribution is 5.17. The van der Waals surface area contributed by atoms with Crippen molar-refractivity contribution in [1.82, 2.24) is 16.0 Å². The lowest BCUT2D eigenvalue weighted by atomic mass is 10.0. The van der Waals surface area contributed by atoms with Crippen molar-refractivity contribution in [2.75, 3.05) is 40.8 Å². The molecule has 0 fully saturated rings. The number of unbranched alkanes of at least 4 members (excludes halogenated alkanes) is 2. The maximum atomic E-state index is 12.7. The van der Waals surface area contributed by atoms with E-state index in [-0.39, 0.29) is 5.82 Å². The number of hydrogen-bond acceptors (Lipinski definition) is 4. The Kier molecular flexibility index (Phi) is 65.4. The molecule has 290 valence electrons. The molecule has 4 N–H and O–H groups in total. The van der Waals surface area contributed by atoms with Gasteiger partial charge >= 0.3 is 0 Å². The number of nitrogens with one attached hydrogen (secondary N) is 3. The lowest BCUT2D eigenvalue weighted by Crippen LogP contribution is -2.07. The molecular formula is C44H79F2N3O. The average Bonchev–Trinajstić information content (AvgIpc) is 3.14. The Balaban J connectivity index is -0.000000123. The Morgan fingerprint density at radius 2 is 1.44 bits per heavy atom. The molecule has 2 atom stereocenters. The molecule has 6 heteroatoms. The average molecular weight is 704 g/mol. The predicted octanol–water partition coefficient (Wildman–Crippen LogP) is 11.7. The molecule has 0 saturated carbocycles. The van der Waals surface area contributed by atoms with E-state index in [9.17, 15) is 8.78 Å². The number of halogens is 2. The van der Waals surface area contributed by atoms with Crippen molar-refractivity contribution in [2.45, 2.75) is 120 Å². The van der Waals surface area contributed by atoms with Crippen LogP contribution in [0.15, 0.2) is 96.7 Å². The number of rotatable bonds is 16. The first-order chi connectivity index (χ1) is 24.1. The Morgan fingerprint density at radius 1 is 0.900 bits per heavy atom. The lowest BCUT2D eigenvalue weighted by Gasteiger charge is -2.07. The Hall–Kier alpha value is -3.08. The molecule has 1 aromatic carbocycles. The molecule has 4 nitrogen and oxygen atoms in total. The number of aliphatic hydroxyl groups is 1. The topological polar surface area (TPSA) is 56.3 Å². The molecule has 0 aliphatic rings. The van der Waals surface area contributed by atoms with E-state index < -0.39 is 12.3 Å². The summed E-state index contributed by atoms with van der Waals surface area (Å²) in [5.41, 5.74) is 3.80. The summed E-state index contributed by atoms with van der Waals surface area (Å²) in [7, 11) is 5.86. The maximum Gasteiger partial charge on any atom is 0.137 e. The molecule has 0 bridgehead atoms. The minimum absolute atomic E-state index is 0.274. The normalized spacial score (nSPS) is 11.7. The van der Waals surface area contributed by atoms with Crippen molar-refractivity contribution in [3.05, 3.63) is 108 Å². The largest absolute Gasteiger partial charge is 0.389 e. The van der Waals surface area contributed by atoms with Crippen LogP contribution in [-0.2, 0) is 0 Å². The van der Waals surface area contributed by atoms with Gasteiger partial charge in [-0.1, -0.05) is 119 Å². The highest BCUT2D eigenvalue weighted by Crippen LogP contribution is 2.16. The van der Waals surface area contributed by atoms with Crippen molar-refractivity contribution in [3.8, 4) is 12.3 Å². The molecule has 0 radical (unpaired) electrons. The van der Waals surface area contributed by atoms with Gasteiger partial charge in [0.1, 0.15) is 12.0 Å². The zero-order valence-corrected chi connectivity index (χ0v) is 34.5. The van der Waals surface area contributed by atoms with E-state index in [0.717, 1.165) is 31.6 Å². The van der Waals surface area contributed by atoms with Gasteiger partial charge in [0.05, 0.1) is 6.10 Å². The maximum absolute atomic E-state index is 12.7. The minimum Gasteiger partial charge on any atom is -0.389 e. The van der Waals surface area contributed by atoms with E-state index in [2.05, 4.69) is 74.7 Å². The molecule has 1 aromatic rings. The SMILES string of the molecule is C#CC=C.C/C=C(/C)C/C(=C\C)CCCCNC.C/C=C\C(F)C=C/C=C/CNC.CC.CC.CC(O)c1ccc(F)cc1.CCCCNC. The van der Waals surface area contributed by atoms with E-state index in [1.807, 2.05) is 61.0 Å². The molecule has 0 aromatic heterocycles. The summed E-state index contributed by atoms with van der Waals surface area (Å²) in [5, 5.41) is 18.2. The number of benzene rings is 1. The second-order valence-corrected chi connectivity index (χ2v) is 10.2. The van der Waals surface area contributed by atoms with E-state index in [4.69, 9.17) is 5.11 Å². The van der Waals surface area contributed by atoms with Crippen LogP contribution in [0, 0.1) is 18.2 Å². The molecule has 50 heavy (non-hydrogen) atoms. The summed E-state index contributed by atoms with van der Waals surface area (Å²) in [6.45, 7) is 26.5. The van der Waals surface area contributed by atoms with E-state index in [0.29, 0.717) is 0 Å². The number of aliphatic hydroxyl groups excluding tert-OH is 1. The standard InChI is InChI=1S/C13H25N.C10H16FN.C8H9FO.C5H13N.C4H4.2C2H6/c1-5-12(3)11-13(6-2)9-7-8-10-14-4;1-3-7-10(11)8-5-4-6-9-12-2;1-6(10)7-2-4-8(9)5-3-7;1-3-4-5-6-2;1-3-4-2;2*1-2/h5-6,14H,7-11H2,1-4H3;3-8,10,12H,9H2,1-2H3;2-6,10H,1H3;6H,3-5H2,1-2H3;1,4H,2H2;2*1-2H3/b12-5-,13-6-;6-4+,7-3-,8-5?;;;;;. The molecule has 0 amide bonds. The summed E-state index contributed by atoms with van der Waals surface area (Å²) in [4.78, 5) is 0. The van der Waals surface area contributed by atoms with Gasteiger partial charge in [-0.15, -0.1) is 6.42 Å². The molecule has 0 aliphatic heterocycles. The number of terminal acetylenes is 1. The summed E-state index contributed by atoms with van der Waals surface area (Å²) in [5.74, 6) is 1.92. The fourth-order valence-electron chi connectivity index (χ4n) is 3.23. The second-order valence-electron chi connectivity index (χ2n) is 10.2. The van der Waals surface area contributed by atoms with Crippen molar-refractivity contribution in [1.29, 1.82) is 0 Å². The van der Waals surface area contributed by atoms with Gasteiger partial charge in [0.15, 0.2) is 0 Å². The molecule has 1 rings (SSSR count). The van der Waals surface area contributed by atoms with Gasteiger partial charge in [0, 0.05) is 6.54 Å². The fraction of sp³-hybridized carbons (Fsp3) is 0.545. The zero-order valence-electron chi connectivity index (χ0n) is 34.5. The van der Waals surface area contributed by atoms with E-state index >= 15 is 0 Å². The van der Waals surface area contributed by atoms with Gasteiger partial charge in [0.25, 0.3) is 0 Å². The number of likely N-dealkylation sites (N-methyl/N-ethyl adjacent to an activating group) is 1. The summed E-state index contributed by atoms with van der Waals surface area (Å²) >= 11 is 0. The second kappa shape index (κ2) is 55.3. The van der Waals surface area contributed by atoms with Crippen LogP contribution >= 0.6 is 0 Å². The zero-order chi connectivity index (χ0) is 39.8. The van der Waals surface area contributed by atoms with Crippen LogP contribution < -0.4 is 16.0 Å². The van der Waals surface area contributed by atoms with Crippen LogP contribution in [0.25, 0.3) is 0 Å². The van der Waals surface area contributed by atoms with Crippen molar-refractivity contribution in [3.63, 3.8) is 0 Å². The molecule has 0 spiro atoms. The lowest BCUT2D eigenvalue weighted by molar-refractivity contribution is 0.199. The smallest absolute Gasteiger partial charge is 0.137 e. The Bertz CT molecular complexity index is 968. The summed E-state index contributed by atoms with van der Waals surface area (Å²) < 4.78 is 25.0. The van der Waals surface area contributed by atoms with Crippen LogP contribution in [0.4, 0.5) is 8.78 Å². The third kappa shape index (κ3) is 57.2. The molecule has 0 aliphatic carbocycles. The molecular weight excluding hydrogens is 625 g/mol. The van der Waals surface area contributed by atoms with Gasteiger partial charge < -0.3 is 21.1 Å². The molecule has 2 unspecified atom stereocenters. The van der Waals surface area contributed by atoms with Gasteiger partial charge in [-0.05, 0) is 131 Å². The first kappa shape index (κ1) is 59.1. The number of alkyl halides is 1. The number of allylic oxidation sites excluding steroid dienone is 10. The highest BCUT2D eigenvalue weighted by atomic mass is 19.1. The first-order valence-corrected chi connectivity index (χ1v) is 18.4. The third-order valence-corrected chi connectivity index (χ3v) is 6.07. The Morgan fingerprint density at radius 3 is 1.82 bits per heavy atom. The quantitative estimate of drug-likeness (QED) is 0.0599. The summed E-state index contributed by atoms with van der Waals surface area (Å²) in [6, 6.07) is 5.81. The molecule has 0 heterocycles. The number of hydrogen-bond donors (Lipinski definition) is 4. The highest BCUT2D eigenvalue weighted by Gasteiger charge is 1.99. The molecule has 0 saturated heterocycles. The monoisotopic (exact) mass is 704 g/mol. The van der Waals surface area contributed by atoms with Crippen LogP contribution in [0.5, 0.6) is 0 Å². The van der Waals surface area contributed by atoms with Crippen LogP contribution in [0.1, 0.15) is 119 Å². The van der Waals surface area contributed by atoms with Crippen molar-refractivity contribution in [2.24, 2.45) is 0 Å². The van der Waals surface area contributed by atoms with Crippen LogP contribution in [0.2, 0.25) is 0 Å². The van der Waals surface area contributed by atoms with Crippen LogP contribution in [0.3, 0.4) is 0 Å². The van der Waals surface area contributed by atoms with Gasteiger partial charge in [-0.2, -0.15) is 0 Å². The van der Waals surface area contributed by atoms with E-state index in [1.165, 1.54) is 68.0 Å². The van der Waals surface area contributed by atoms with Crippen molar-refractivity contribution < 1.29 is 13.9 Å². The van der Waals surface area contributed by atoms with Gasteiger partial charge in [-0.25, -0.2) is 8.78 Å². The van der Waals surface area contributed by atoms with Crippen molar-refractivity contribution >= 4 is 0 Å². The van der Waals surface area contributed by atoms with Crippen LogP contribution in [-0.4, -0.2) is 52.1 Å². The predicted molar refractivity (Wildman–Crippen MR) is 225 cm³/mol. The summed E-state index contributed by atoms with van der Waals surface area (Å²) in [6.07, 6.45) is 26.8. The van der Waals surface area contributed by atoms with E-state index in [1.54, 1.807) is 43.7 Å². The Labute approximate surface area is 310 Å².